The minimum atomic E-state index is -4.42. The van der Waals surface area contributed by atoms with E-state index in [-0.39, 0.29) is 18.3 Å². The van der Waals surface area contributed by atoms with Gasteiger partial charge in [0.05, 0.1) is 42.0 Å². The zero-order chi connectivity index (χ0) is 25.5. The molecule has 1 aromatic carbocycles. The number of hydrogen-bond donors (Lipinski definition) is 1. The Bertz CT molecular complexity index is 1210. The zero-order valence-electron chi connectivity index (χ0n) is 19.6. The normalized spacial score (nSPS) is 14.4. The number of halogens is 4. The molecule has 1 N–H and O–H groups in total. The number of anilines is 3. The number of hydrogen-bond acceptors (Lipinski definition) is 8. The Balaban J connectivity index is 1.47. The molecule has 1 aliphatic rings. The first kappa shape index (κ1) is 25.4. The maximum absolute atomic E-state index is 14.2. The van der Waals surface area contributed by atoms with Gasteiger partial charge in [-0.1, -0.05) is 19.4 Å². The summed E-state index contributed by atoms with van der Waals surface area (Å²) in [5.41, 5.74) is 1.53. The molecule has 1 fully saturated rings. The number of azo groups is 1. The van der Waals surface area contributed by atoms with Crippen LogP contribution in [0.4, 0.5) is 40.7 Å². The lowest BCUT2D eigenvalue weighted by Crippen LogP contribution is -2.37. The average molecular weight is 504 g/mol. The van der Waals surface area contributed by atoms with Crippen molar-refractivity contribution >= 4 is 23.1 Å². The molecule has 0 unspecified atom stereocenters. The van der Waals surface area contributed by atoms with Crippen LogP contribution in [0.2, 0.25) is 0 Å². The van der Waals surface area contributed by atoms with Gasteiger partial charge in [0.1, 0.15) is 6.54 Å². The summed E-state index contributed by atoms with van der Waals surface area (Å²) in [5.74, 6) is -0.337. The number of morpholine rings is 1. The lowest BCUT2D eigenvalue weighted by Gasteiger charge is -2.27. The highest BCUT2D eigenvalue weighted by Crippen LogP contribution is 2.32. The summed E-state index contributed by atoms with van der Waals surface area (Å²) < 4.78 is 58.6. The van der Waals surface area contributed by atoms with Crippen LogP contribution in [0, 0.1) is 5.82 Å². The summed E-state index contributed by atoms with van der Waals surface area (Å²) in [6.45, 7) is 4.15. The standard InChI is InChI=1S/C24H25F4N7O/c1-2-4-20-21(31-17-6-3-5-16(13-17)24(26,27)28)8-7-18(32-20)14-30-34-23-29-15-19(25)22(33-23)35-9-11-36-12-10-35/h3,5-8,13,15,31H,2,4,9-12,14H2,1H3. The number of benzene rings is 1. The van der Waals surface area contributed by atoms with Crippen LogP contribution in [0.5, 0.6) is 0 Å². The molecule has 1 saturated heterocycles. The van der Waals surface area contributed by atoms with Crippen LogP contribution in [-0.4, -0.2) is 41.3 Å². The number of nitrogens with zero attached hydrogens (tertiary/aromatic N) is 6. The highest BCUT2D eigenvalue weighted by molar-refractivity contribution is 5.62. The fourth-order valence-electron chi connectivity index (χ4n) is 3.67. The molecule has 36 heavy (non-hydrogen) atoms. The van der Waals surface area contributed by atoms with Crippen LogP contribution in [0.25, 0.3) is 0 Å². The Morgan fingerprint density at radius 1 is 1.11 bits per heavy atom. The van der Waals surface area contributed by atoms with Gasteiger partial charge in [-0.15, -0.1) is 5.11 Å². The summed E-state index contributed by atoms with van der Waals surface area (Å²) in [4.78, 5) is 14.4. The van der Waals surface area contributed by atoms with Crippen molar-refractivity contribution in [3.05, 3.63) is 65.4 Å². The fourth-order valence-corrected chi connectivity index (χ4v) is 3.67. The van der Waals surface area contributed by atoms with Gasteiger partial charge < -0.3 is 15.0 Å². The number of aromatic nitrogens is 3. The summed E-state index contributed by atoms with van der Waals surface area (Å²) in [7, 11) is 0. The molecule has 0 saturated carbocycles. The van der Waals surface area contributed by atoms with E-state index in [0.717, 1.165) is 24.8 Å². The van der Waals surface area contributed by atoms with Gasteiger partial charge in [-0.25, -0.2) is 9.37 Å². The lowest BCUT2D eigenvalue weighted by molar-refractivity contribution is -0.137. The average Bonchev–Trinajstić information content (AvgIpc) is 2.87. The molecule has 8 nitrogen and oxygen atoms in total. The van der Waals surface area contributed by atoms with Gasteiger partial charge in [0, 0.05) is 18.8 Å². The fraction of sp³-hybridized carbons (Fsp3) is 0.375. The van der Waals surface area contributed by atoms with Crippen molar-refractivity contribution in [1.29, 1.82) is 0 Å². The largest absolute Gasteiger partial charge is 0.416 e. The van der Waals surface area contributed by atoms with Crippen molar-refractivity contribution in [2.75, 3.05) is 36.5 Å². The SMILES string of the molecule is CCCc1nc(CN=Nc2ncc(F)c(N3CCOCC3)n2)ccc1Nc1cccc(C(F)(F)F)c1. The van der Waals surface area contributed by atoms with Gasteiger partial charge in [0.2, 0.25) is 0 Å². The molecule has 0 bridgehead atoms. The number of ether oxygens (including phenoxy) is 1. The van der Waals surface area contributed by atoms with E-state index in [2.05, 4.69) is 30.5 Å². The van der Waals surface area contributed by atoms with E-state index in [1.807, 2.05) is 6.92 Å². The Morgan fingerprint density at radius 3 is 2.67 bits per heavy atom. The predicted molar refractivity (Wildman–Crippen MR) is 126 cm³/mol. The van der Waals surface area contributed by atoms with E-state index >= 15 is 0 Å². The van der Waals surface area contributed by atoms with E-state index in [0.29, 0.717) is 55.5 Å². The van der Waals surface area contributed by atoms with Crippen LogP contribution in [0.15, 0.2) is 52.8 Å². The quantitative estimate of drug-likeness (QED) is 0.307. The second kappa shape index (κ2) is 11.4. The van der Waals surface area contributed by atoms with Gasteiger partial charge in [0.15, 0.2) is 11.6 Å². The maximum Gasteiger partial charge on any atom is 0.416 e. The first-order chi connectivity index (χ1) is 17.3. The van der Waals surface area contributed by atoms with E-state index in [4.69, 9.17) is 4.74 Å². The molecule has 1 aliphatic heterocycles. The van der Waals surface area contributed by atoms with Crippen LogP contribution in [-0.2, 0) is 23.9 Å². The van der Waals surface area contributed by atoms with Crippen molar-refractivity contribution in [2.24, 2.45) is 10.2 Å². The van der Waals surface area contributed by atoms with Gasteiger partial charge in [0.25, 0.3) is 5.95 Å². The molecule has 3 aromatic rings. The number of pyridine rings is 1. The molecule has 0 aliphatic carbocycles. The highest BCUT2D eigenvalue weighted by Gasteiger charge is 2.30. The van der Waals surface area contributed by atoms with Crippen LogP contribution in [0.3, 0.4) is 0 Å². The molecule has 0 spiro atoms. The first-order valence-corrected chi connectivity index (χ1v) is 11.5. The monoisotopic (exact) mass is 503 g/mol. The number of aryl methyl sites for hydroxylation is 1. The van der Waals surface area contributed by atoms with Gasteiger partial charge in [-0.3, -0.25) is 4.98 Å². The summed E-state index contributed by atoms with van der Waals surface area (Å²) in [6, 6.07) is 8.49. The van der Waals surface area contributed by atoms with Crippen molar-refractivity contribution in [1.82, 2.24) is 15.0 Å². The van der Waals surface area contributed by atoms with Crippen molar-refractivity contribution < 1.29 is 22.3 Å². The van der Waals surface area contributed by atoms with Gasteiger partial charge >= 0.3 is 6.18 Å². The lowest BCUT2D eigenvalue weighted by atomic mass is 10.1. The van der Waals surface area contributed by atoms with Crippen molar-refractivity contribution in [2.45, 2.75) is 32.5 Å². The Morgan fingerprint density at radius 2 is 1.92 bits per heavy atom. The molecule has 190 valence electrons. The smallest absolute Gasteiger partial charge is 0.378 e. The molecule has 2 aromatic heterocycles. The number of nitrogens with one attached hydrogen (secondary N) is 1. The zero-order valence-corrected chi connectivity index (χ0v) is 19.6. The highest BCUT2D eigenvalue weighted by atomic mass is 19.4. The summed E-state index contributed by atoms with van der Waals surface area (Å²) in [6.07, 6.45) is -1.94. The minimum absolute atomic E-state index is 0.0366. The third-order valence-corrected chi connectivity index (χ3v) is 5.40. The molecule has 0 atom stereocenters. The molecule has 0 amide bonds. The third kappa shape index (κ3) is 6.51. The minimum Gasteiger partial charge on any atom is -0.378 e. The van der Waals surface area contributed by atoms with Gasteiger partial charge in [-0.05, 0) is 36.8 Å². The molecule has 3 heterocycles. The molecule has 4 rings (SSSR count). The Labute approximate surface area is 205 Å². The van der Waals surface area contributed by atoms with E-state index < -0.39 is 17.6 Å². The van der Waals surface area contributed by atoms with Crippen LogP contribution >= 0.6 is 0 Å². The molecule has 0 radical (unpaired) electrons. The van der Waals surface area contributed by atoms with Crippen molar-refractivity contribution in [3.63, 3.8) is 0 Å². The summed E-state index contributed by atoms with van der Waals surface area (Å²) in [5, 5.41) is 11.2. The third-order valence-electron chi connectivity index (χ3n) is 5.40. The predicted octanol–water partition coefficient (Wildman–Crippen LogP) is 5.85. The Kier molecular flexibility index (Phi) is 8.04. The number of rotatable bonds is 8. The Hall–Kier alpha value is -3.67. The van der Waals surface area contributed by atoms with E-state index in [1.165, 1.54) is 6.07 Å². The maximum atomic E-state index is 14.2. The van der Waals surface area contributed by atoms with E-state index in [9.17, 15) is 17.6 Å². The second-order valence-electron chi connectivity index (χ2n) is 8.09. The second-order valence-corrected chi connectivity index (χ2v) is 8.09. The van der Waals surface area contributed by atoms with Crippen LogP contribution in [0.1, 0.15) is 30.3 Å². The molecular weight excluding hydrogens is 478 g/mol. The topological polar surface area (TPSA) is 87.9 Å². The summed E-state index contributed by atoms with van der Waals surface area (Å²) >= 11 is 0. The van der Waals surface area contributed by atoms with Crippen molar-refractivity contribution in [3.8, 4) is 0 Å². The van der Waals surface area contributed by atoms with E-state index in [1.54, 1.807) is 23.1 Å². The molecule has 12 heteroatoms. The van der Waals surface area contributed by atoms with Gasteiger partial charge in [-0.2, -0.15) is 23.3 Å². The number of alkyl halides is 3. The molecular formula is C24H25F4N7O. The first-order valence-electron chi connectivity index (χ1n) is 11.5. The van der Waals surface area contributed by atoms with Crippen LogP contribution < -0.4 is 10.2 Å².